The van der Waals surface area contributed by atoms with Gasteiger partial charge in [0.25, 0.3) is 0 Å². The molecule has 0 aliphatic carbocycles. The standard InChI is InChI=1S/C21H19ClO5/c1-13(2)10-27-20(23)12-25-14-7-8-16-19(9-14)26-11-17(21(16)24)15-5-3-4-6-18(15)22/h3-9,11,13H,10,12H2,1-2H3. The van der Waals surface area contributed by atoms with Crippen molar-refractivity contribution in [1.29, 1.82) is 0 Å². The van der Waals surface area contributed by atoms with E-state index in [-0.39, 0.29) is 18.0 Å². The first kappa shape index (κ1) is 19.0. The van der Waals surface area contributed by atoms with Gasteiger partial charge in [-0.1, -0.05) is 43.6 Å². The molecule has 0 saturated carbocycles. The maximum Gasteiger partial charge on any atom is 0.344 e. The molecule has 27 heavy (non-hydrogen) atoms. The molecule has 0 saturated heterocycles. The Balaban J connectivity index is 1.81. The third-order valence-electron chi connectivity index (χ3n) is 3.84. The zero-order valence-electron chi connectivity index (χ0n) is 15.0. The molecule has 3 aromatic rings. The number of carbonyl (C=O) groups is 1. The zero-order valence-corrected chi connectivity index (χ0v) is 15.8. The molecule has 0 fully saturated rings. The second-order valence-electron chi connectivity index (χ2n) is 6.48. The summed E-state index contributed by atoms with van der Waals surface area (Å²) in [5.74, 6) is 0.230. The van der Waals surface area contributed by atoms with E-state index in [4.69, 9.17) is 25.5 Å². The van der Waals surface area contributed by atoms with Crippen molar-refractivity contribution >= 4 is 28.5 Å². The summed E-state index contributed by atoms with van der Waals surface area (Å²) in [7, 11) is 0. The minimum Gasteiger partial charge on any atom is -0.482 e. The van der Waals surface area contributed by atoms with Crippen molar-refractivity contribution in [3.8, 4) is 16.9 Å². The Morgan fingerprint density at radius 3 is 2.67 bits per heavy atom. The molecule has 0 radical (unpaired) electrons. The summed E-state index contributed by atoms with van der Waals surface area (Å²) in [5.41, 5.74) is 1.18. The second kappa shape index (κ2) is 8.27. The van der Waals surface area contributed by atoms with Crippen LogP contribution in [0.4, 0.5) is 0 Å². The van der Waals surface area contributed by atoms with Crippen molar-refractivity contribution in [2.45, 2.75) is 13.8 Å². The van der Waals surface area contributed by atoms with Gasteiger partial charge in [0.15, 0.2) is 6.61 Å². The largest absolute Gasteiger partial charge is 0.482 e. The average Bonchev–Trinajstić information content (AvgIpc) is 2.66. The van der Waals surface area contributed by atoms with Gasteiger partial charge >= 0.3 is 5.97 Å². The Bertz CT molecular complexity index is 1020. The molecule has 0 bridgehead atoms. The van der Waals surface area contributed by atoms with E-state index in [1.54, 1.807) is 42.5 Å². The van der Waals surface area contributed by atoms with Crippen molar-refractivity contribution in [3.63, 3.8) is 0 Å². The maximum absolute atomic E-state index is 12.8. The normalized spacial score (nSPS) is 11.0. The van der Waals surface area contributed by atoms with E-state index in [9.17, 15) is 9.59 Å². The van der Waals surface area contributed by atoms with Crippen LogP contribution >= 0.6 is 11.6 Å². The lowest BCUT2D eigenvalue weighted by Gasteiger charge is -2.09. The van der Waals surface area contributed by atoms with Crippen LogP contribution in [0.2, 0.25) is 5.02 Å². The Hall–Kier alpha value is -2.79. The van der Waals surface area contributed by atoms with Gasteiger partial charge in [-0.05, 0) is 24.1 Å². The summed E-state index contributed by atoms with van der Waals surface area (Å²) in [6.45, 7) is 4.05. The summed E-state index contributed by atoms with van der Waals surface area (Å²) < 4.78 is 16.1. The molecule has 0 aliphatic heterocycles. The average molecular weight is 387 g/mol. The van der Waals surface area contributed by atoms with Crippen LogP contribution in [0, 0.1) is 5.92 Å². The van der Waals surface area contributed by atoms with Gasteiger partial charge in [0.1, 0.15) is 17.6 Å². The van der Waals surface area contributed by atoms with E-state index >= 15 is 0 Å². The van der Waals surface area contributed by atoms with Crippen LogP contribution in [0.25, 0.3) is 22.1 Å². The highest BCUT2D eigenvalue weighted by atomic mass is 35.5. The number of halogens is 1. The lowest BCUT2D eigenvalue weighted by molar-refractivity contribution is -0.147. The smallest absolute Gasteiger partial charge is 0.344 e. The Morgan fingerprint density at radius 2 is 1.93 bits per heavy atom. The van der Waals surface area contributed by atoms with E-state index < -0.39 is 5.97 Å². The van der Waals surface area contributed by atoms with Crippen LogP contribution in [-0.4, -0.2) is 19.2 Å². The fraction of sp³-hybridized carbons (Fsp3) is 0.238. The van der Waals surface area contributed by atoms with Crippen LogP contribution in [0.3, 0.4) is 0 Å². The predicted molar refractivity (Wildman–Crippen MR) is 104 cm³/mol. The molecule has 5 nitrogen and oxygen atoms in total. The molecular weight excluding hydrogens is 368 g/mol. The number of hydrogen-bond donors (Lipinski definition) is 0. The number of benzene rings is 2. The summed E-state index contributed by atoms with van der Waals surface area (Å²) in [6, 6.07) is 11.9. The minimum atomic E-state index is -0.445. The topological polar surface area (TPSA) is 65.7 Å². The number of hydrogen-bond acceptors (Lipinski definition) is 5. The van der Waals surface area contributed by atoms with Crippen molar-refractivity contribution in [3.05, 3.63) is 64.0 Å². The van der Waals surface area contributed by atoms with Gasteiger partial charge < -0.3 is 13.9 Å². The van der Waals surface area contributed by atoms with Gasteiger partial charge in [-0.25, -0.2) is 4.79 Å². The van der Waals surface area contributed by atoms with Gasteiger partial charge in [0, 0.05) is 16.7 Å². The Kier molecular flexibility index (Phi) is 5.81. The van der Waals surface area contributed by atoms with Gasteiger partial charge in [-0.2, -0.15) is 0 Å². The summed E-state index contributed by atoms with van der Waals surface area (Å²) in [5, 5.41) is 0.881. The molecule has 2 aromatic carbocycles. The predicted octanol–water partition coefficient (Wildman–Crippen LogP) is 4.69. The second-order valence-corrected chi connectivity index (χ2v) is 6.89. The third-order valence-corrected chi connectivity index (χ3v) is 4.17. The molecule has 140 valence electrons. The zero-order chi connectivity index (χ0) is 19.4. The molecule has 0 N–H and O–H groups in total. The summed E-state index contributed by atoms with van der Waals surface area (Å²) in [6.07, 6.45) is 1.38. The number of rotatable bonds is 6. The summed E-state index contributed by atoms with van der Waals surface area (Å²) in [4.78, 5) is 24.4. The molecule has 6 heteroatoms. The van der Waals surface area contributed by atoms with E-state index in [0.717, 1.165) is 0 Å². The van der Waals surface area contributed by atoms with E-state index in [0.29, 0.717) is 39.5 Å². The highest BCUT2D eigenvalue weighted by molar-refractivity contribution is 6.33. The lowest BCUT2D eigenvalue weighted by atomic mass is 10.1. The lowest BCUT2D eigenvalue weighted by Crippen LogP contribution is -2.17. The van der Waals surface area contributed by atoms with Gasteiger partial charge in [0.05, 0.1) is 17.6 Å². The molecule has 0 amide bonds. The Labute approximate surface area is 161 Å². The molecule has 3 rings (SSSR count). The molecule has 1 heterocycles. The van der Waals surface area contributed by atoms with Crippen LogP contribution in [-0.2, 0) is 9.53 Å². The van der Waals surface area contributed by atoms with E-state index in [2.05, 4.69) is 0 Å². The minimum absolute atomic E-state index is 0.188. The molecule has 0 spiro atoms. The Morgan fingerprint density at radius 1 is 1.15 bits per heavy atom. The van der Waals surface area contributed by atoms with Crippen molar-refractivity contribution < 1.29 is 18.7 Å². The van der Waals surface area contributed by atoms with E-state index in [1.807, 2.05) is 13.8 Å². The van der Waals surface area contributed by atoms with Crippen LogP contribution < -0.4 is 10.2 Å². The number of esters is 1. The monoisotopic (exact) mass is 386 g/mol. The first-order valence-electron chi connectivity index (χ1n) is 8.54. The van der Waals surface area contributed by atoms with Crippen molar-refractivity contribution in [1.82, 2.24) is 0 Å². The van der Waals surface area contributed by atoms with Crippen molar-refractivity contribution in [2.75, 3.05) is 13.2 Å². The molecular formula is C21H19ClO5. The van der Waals surface area contributed by atoms with Gasteiger partial charge in [-0.15, -0.1) is 0 Å². The first-order chi connectivity index (χ1) is 13.0. The van der Waals surface area contributed by atoms with Gasteiger partial charge in [0.2, 0.25) is 5.43 Å². The molecule has 0 atom stereocenters. The van der Waals surface area contributed by atoms with Crippen LogP contribution in [0.1, 0.15) is 13.8 Å². The molecule has 1 aromatic heterocycles. The van der Waals surface area contributed by atoms with E-state index in [1.165, 1.54) is 6.26 Å². The maximum atomic E-state index is 12.8. The third kappa shape index (κ3) is 4.49. The first-order valence-corrected chi connectivity index (χ1v) is 8.92. The van der Waals surface area contributed by atoms with Crippen LogP contribution in [0.15, 0.2) is 57.9 Å². The fourth-order valence-corrected chi connectivity index (χ4v) is 2.75. The SMILES string of the molecule is CC(C)COC(=O)COc1ccc2c(=O)c(-c3ccccc3Cl)coc2c1. The van der Waals surface area contributed by atoms with Crippen molar-refractivity contribution in [2.24, 2.45) is 5.92 Å². The highest BCUT2D eigenvalue weighted by Gasteiger charge is 2.13. The molecule has 0 unspecified atom stereocenters. The number of ether oxygens (including phenoxy) is 2. The van der Waals surface area contributed by atoms with Gasteiger partial charge in [-0.3, -0.25) is 4.79 Å². The fourth-order valence-electron chi connectivity index (χ4n) is 2.51. The number of carbonyl (C=O) groups excluding carboxylic acids is 1. The summed E-state index contributed by atoms with van der Waals surface area (Å²) >= 11 is 6.18. The van der Waals surface area contributed by atoms with Crippen LogP contribution in [0.5, 0.6) is 5.75 Å². The molecule has 0 aliphatic rings. The quantitative estimate of drug-likeness (QED) is 0.575. The highest BCUT2D eigenvalue weighted by Crippen LogP contribution is 2.27. The number of fused-ring (bicyclic) bond motifs is 1.